The molecule has 2 saturated heterocycles. The molecule has 2 heterocycles. The monoisotopic (exact) mass is 348 g/mol. The summed E-state index contributed by atoms with van der Waals surface area (Å²) in [6.07, 6.45) is 3.47. The Kier molecular flexibility index (Phi) is 5.37. The second kappa shape index (κ2) is 7.52. The number of carbonyl (C=O) groups is 2. The van der Waals surface area contributed by atoms with Crippen molar-refractivity contribution in [2.45, 2.75) is 32.1 Å². The molecule has 0 radical (unpaired) electrons. The van der Waals surface area contributed by atoms with Gasteiger partial charge in [0.05, 0.1) is 13.0 Å². The molecule has 0 unspecified atom stereocenters. The van der Waals surface area contributed by atoms with Crippen molar-refractivity contribution in [3.8, 4) is 0 Å². The molecule has 3 rings (SSSR count). The first-order valence-electron chi connectivity index (χ1n) is 8.92. The summed E-state index contributed by atoms with van der Waals surface area (Å²) in [5.74, 6) is -0.106. The number of nitrogens with zero attached hydrogens (tertiary/aromatic N) is 2. The van der Waals surface area contributed by atoms with E-state index in [9.17, 15) is 14.0 Å². The van der Waals surface area contributed by atoms with Crippen LogP contribution < -0.4 is 0 Å². The Morgan fingerprint density at radius 2 is 1.84 bits per heavy atom. The van der Waals surface area contributed by atoms with Crippen LogP contribution in [0.5, 0.6) is 0 Å². The summed E-state index contributed by atoms with van der Waals surface area (Å²) in [4.78, 5) is 28.1. The van der Waals surface area contributed by atoms with Crippen molar-refractivity contribution in [3.63, 3.8) is 0 Å². The van der Waals surface area contributed by atoms with Crippen LogP contribution in [0.25, 0.3) is 0 Å². The zero-order chi connectivity index (χ0) is 17.9. The topological polar surface area (TPSA) is 60.9 Å². The van der Waals surface area contributed by atoms with Gasteiger partial charge in [-0.05, 0) is 42.4 Å². The number of hydrogen-bond donors (Lipinski definition) is 1. The molecule has 2 fully saturated rings. The fourth-order valence-corrected chi connectivity index (χ4v) is 3.95. The fourth-order valence-electron chi connectivity index (χ4n) is 3.95. The Bertz CT molecular complexity index is 624. The van der Waals surface area contributed by atoms with Gasteiger partial charge < -0.3 is 14.9 Å². The van der Waals surface area contributed by atoms with E-state index in [1.165, 1.54) is 12.1 Å². The average molecular weight is 348 g/mol. The van der Waals surface area contributed by atoms with Crippen LogP contribution in [0.1, 0.15) is 31.2 Å². The molecule has 2 amide bonds. The molecule has 25 heavy (non-hydrogen) atoms. The SMILES string of the molecule is O=C(Cc1ccc(F)cc1)N1CCC2(CCC(=O)N(CCO)C2)CC1. The summed E-state index contributed by atoms with van der Waals surface area (Å²) < 4.78 is 13.0. The van der Waals surface area contributed by atoms with Crippen molar-refractivity contribution >= 4 is 11.8 Å². The summed E-state index contributed by atoms with van der Waals surface area (Å²) in [5.41, 5.74) is 0.902. The molecule has 2 aliphatic heterocycles. The quantitative estimate of drug-likeness (QED) is 0.899. The average Bonchev–Trinajstić information content (AvgIpc) is 2.61. The smallest absolute Gasteiger partial charge is 0.226 e. The molecular formula is C19H25FN2O3. The van der Waals surface area contributed by atoms with Crippen molar-refractivity contribution in [2.75, 3.05) is 32.8 Å². The van der Waals surface area contributed by atoms with Gasteiger partial charge in [-0.1, -0.05) is 12.1 Å². The first-order valence-corrected chi connectivity index (χ1v) is 8.92. The van der Waals surface area contributed by atoms with Crippen molar-refractivity contribution in [3.05, 3.63) is 35.6 Å². The van der Waals surface area contributed by atoms with Gasteiger partial charge in [0, 0.05) is 32.6 Å². The molecule has 1 N–H and O–H groups in total. The number of piperidine rings is 2. The molecule has 1 aromatic rings. The molecule has 1 aromatic carbocycles. The van der Waals surface area contributed by atoms with Crippen LogP contribution in [0.2, 0.25) is 0 Å². The Morgan fingerprint density at radius 1 is 1.16 bits per heavy atom. The first kappa shape index (κ1) is 17.9. The van der Waals surface area contributed by atoms with E-state index in [4.69, 9.17) is 5.11 Å². The van der Waals surface area contributed by atoms with Gasteiger partial charge in [-0.3, -0.25) is 9.59 Å². The third-order valence-electron chi connectivity index (χ3n) is 5.56. The first-order chi connectivity index (χ1) is 12.0. The Hall–Kier alpha value is -1.95. The van der Waals surface area contributed by atoms with E-state index >= 15 is 0 Å². The molecule has 0 atom stereocenters. The predicted octanol–water partition coefficient (Wildman–Crippen LogP) is 1.59. The van der Waals surface area contributed by atoms with Crippen LogP contribution in [0, 0.1) is 11.2 Å². The van der Waals surface area contributed by atoms with Gasteiger partial charge >= 0.3 is 0 Å². The number of aliphatic hydroxyl groups excluding tert-OH is 1. The molecule has 2 aliphatic rings. The second-order valence-electron chi connectivity index (χ2n) is 7.22. The lowest BCUT2D eigenvalue weighted by Crippen LogP contribution is -2.53. The minimum absolute atomic E-state index is 0.00982. The zero-order valence-electron chi connectivity index (χ0n) is 14.4. The van der Waals surface area contributed by atoms with Crippen LogP contribution in [0.15, 0.2) is 24.3 Å². The van der Waals surface area contributed by atoms with Crippen LogP contribution in [-0.4, -0.2) is 59.5 Å². The van der Waals surface area contributed by atoms with Gasteiger partial charge in [0.25, 0.3) is 0 Å². The third-order valence-corrected chi connectivity index (χ3v) is 5.56. The van der Waals surface area contributed by atoms with E-state index in [1.54, 1.807) is 17.0 Å². The standard InChI is InChI=1S/C19H25FN2O3/c20-16-3-1-15(2-4-16)13-18(25)21-9-7-19(8-10-21)6-5-17(24)22(14-19)11-12-23/h1-4,23H,5-14H2. The van der Waals surface area contributed by atoms with E-state index in [1.807, 2.05) is 4.90 Å². The van der Waals surface area contributed by atoms with E-state index in [2.05, 4.69) is 0 Å². The number of aliphatic hydroxyl groups is 1. The number of carbonyl (C=O) groups excluding carboxylic acids is 2. The van der Waals surface area contributed by atoms with Gasteiger partial charge in [-0.25, -0.2) is 4.39 Å². The van der Waals surface area contributed by atoms with Gasteiger partial charge in [-0.2, -0.15) is 0 Å². The molecule has 6 heteroatoms. The number of β-amino-alcohol motifs (C(OH)–C–C–N with tert-alkyl or cyclic N) is 1. The normalized spacial score (nSPS) is 20.2. The molecule has 0 saturated carbocycles. The summed E-state index contributed by atoms with van der Waals surface area (Å²) in [6.45, 7) is 2.46. The maximum absolute atomic E-state index is 13.0. The lowest BCUT2D eigenvalue weighted by Gasteiger charge is -2.47. The summed E-state index contributed by atoms with van der Waals surface area (Å²) in [5, 5.41) is 9.12. The minimum Gasteiger partial charge on any atom is -0.395 e. The van der Waals surface area contributed by atoms with E-state index in [-0.39, 0.29) is 29.7 Å². The molecular weight excluding hydrogens is 323 g/mol. The van der Waals surface area contributed by atoms with Gasteiger partial charge in [0.15, 0.2) is 0 Å². The predicted molar refractivity (Wildman–Crippen MR) is 91.3 cm³/mol. The molecule has 0 aliphatic carbocycles. The molecule has 136 valence electrons. The van der Waals surface area contributed by atoms with E-state index in [0.29, 0.717) is 39.0 Å². The van der Waals surface area contributed by atoms with Crippen LogP contribution in [-0.2, 0) is 16.0 Å². The largest absolute Gasteiger partial charge is 0.395 e. The lowest BCUT2D eigenvalue weighted by molar-refractivity contribution is -0.142. The number of amides is 2. The van der Waals surface area contributed by atoms with Crippen molar-refractivity contribution in [2.24, 2.45) is 5.41 Å². The number of hydrogen-bond acceptors (Lipinski definition) is 3. The highest BCUT2D eigenvalue weighted by atomic mass is 19.1. The summed E-state index contributed by atoms with van der Waals surface area (Å²) >= 11 is 0. The fraction of sp³-hybridized carbons (Fsp3) is 0.579. The van der Waals surface area contributed by atoms with Gasteiger partial charge in [0.1, 0.15) is 5.82 Å². The molecule has 0 aromatic heterocycles. The van der Waals surface area contributed by atoms with Crippen LogP contribution in [0.4, 0.5) is 4.39 Å². The molecule has 5 nitrogen and oxygen atoms in total. The zero-order valence-corrected chi connectivity index (χ0v) is 14.4. The van der Waals surface area contributed by atoms with Crippen molar-refractivity contribution in [1.82, 2.24) is 9.80 Å². The maximum atomic E-state index is 13.0. The molecule has 1 spiro atoms. The lowest BCUT2D eigenvalue weighted by atomic mass is 9.72. The minimum atomic E-state index is -0.296. The Morgan fingerprint density at radius 3 is 2.48 bits per heavy atom. The second-order valence-corrected chi connectivity index (χ2v) is 7.22. The highest BCUT2D eigenvalue weighted by molar-refractivity contribution is 5.79. The van der Waals surface area contributed by atoms with Crippen LogP contribution >= 0.6 is 0 Å². The summed E-state index contributed by atoms with van der Waals surface area (Å²) in [7, 11) is 0. The third kappa shape index (κ3) is 4.18. The Labute approximate surface area is 147 Å². The number of halogens is 1. The Balaban J connectivity index is 1.55. The highest BCUT2D eigenvalue weighted by Crippen LogP contribution is 2.40. The van der Waals surface area contributed by atoms with Crippen molar-refractivity contribution < 1.29 is 19.1 Å². The maximum Gasteiger partial charge on any atom is 0.226 e. The number of likely N-dealkylation sites (tertiary alicyclic amines) is 2. The van der Waals surface area contributed by atoms with Gasteiger partial charge in [-0.15, -0.1) is 0 Å². The summed E-state index contributed by atoms with van der Waals surface area (Å²) in [6, 6.07) is 6.06. The van der Waals surface area contributed by atoms with Crippen molar-refractivity contribution in [1.29, 1.82) is 0 Å². The highest BCUT2D eigenvalue weighted by Gasteiger charge is 2.41. The number of rotatable bonds is 4. The van der Waals surface area contributed by atoms with Gasteiger partial charge in [0.2, 0.25) is 11.8 Å². The van der Waals surface area contributed by atoms with Crippen LogP contribution in [0.3, 0.4) is 0 Å². The van der Waals surface area contributed by atoms with E-state index in [0.717, 1.165) is 24.8 Å². The molecule has 0 bridgehead atoms. The van der Waals surface area contributed by atoms with E-state index < -0.39 is 0 Å². The number of benzene rings is 1.